The van der Waals surface area contributed by atoms with Gasteiger partial charge in [-0.25, -0.2) is 9.13 Å². The van der Waals surface area contributed by atoms with Gasteiger partial charge in [0.2, 0.25) is 0 Å². The Hall–Kier alpha value is -1.94. The minimum Gasteiger partial charge on any atom is -0.462 e. The summed E-state index contributed by atoms with van der Waals surface area (Å²) in [5.74, 6) is -0.502. The molecule has 0 aliphatic rings. The number of unbranched alkanes of at least 4 members (excludes halogenated alkanes) is 52. The molecule has 0 saturated heterocycles. The Labute approximate surface area is 632 Å². The van der Waals surface area contributed by atoms with E-state index in [1.165, 1.54) is 263 Å². The molecule has 0 rings (SSSR count). The third kappa shape index (κ3) is 76.6. The third-order valence-electron chi connectivity index (χ3n) is 20.1. The first-order chi connectivity index (χ1) is 49.9. The quantitative estimate of drug-likeness (QED) is 0.0222. The topological polar surface area (TPSA) is 237 Å². The van der Waals surface area contributed by atoms with E-state index in [0.717, 1.165) is 102 Å². The van der Waals surface area contributed by atoms with Gasteiger partial charge in [-0.1, -0.05) is 395 Å². The molecule has 612 valence electrons. The predicted octanol–water partition coefficient (Wildman–Crippen LogP) is 25.5. The van der Waals surface area contributed by atoms with Crippen LogP contribution in [0.15, 0.2) is 0 Å². The molecule has 0 radical (unpaired) electrons. The molecular formula is C84H164O17P2. The molecule has 6 atom stereocenters. The lowest BCUT2D eigenvalue weighted by Crippen LogP contribution is -2.30. The third-order valence-corrected chi connectivity index (χ3v) is 22.0. The highest BCUT2D eigenvalue weighted by Gasteiger charge is 2.30. The summed E-state index contributed by atoms with van der Waals surface area (Å²) in [5, 5.41) is 10.7. The number of carbonyl (C=O) groups is 4. The molecule has 0 fully saturated rings. The molecule has 103 heavy (non-hydrogen) atoms. The first-order valence-electron chi connectivity index (χ1n) is 43.5. The molecule has 0 aromatic carbocycles. The van der Waals surface area contributed by atoms with Crippen LogP contribution in [0.5, 0.6) is 0 Å². The van der Waals surface area contributed by atoms with Gasteiger partial charge < -0.3 is 33.8 Å². The number of carbonyl (C=O) groups excluding carboxylic acids is 4. The lowest BCUT2D eigenvalue weighted by atomic mass is 9.99. The van der Waals surface area contributed by atoms with Crippen LogP contribution in [-0.2, 0) is 65.4 Å². The van der Waals surface area contributed by atoms with Gasteiger partial charge in [-0.15, -0.1) is 0 Å². The van der Waals surface area contributed by atoms with Gasteiger partial charge in [0, 0.05) is 25.7 Å². The van der Waals surface area contributed by atoms with E-state index in [-0.39, 0.29) is 25.7 Å². The van der Waals surface area contributed by atoms with E-state index in [2.05, 4.69) is 41.5 Å². The Bertz CT molecular complexity index is 1980. The van der Waals surface area contributed by atoms with Crippen molar-refractivity contribution < 1.29 is 80.2 Å². The minimum atomic E-state index is -4.96. The van der Waals surface area contributed by atoms with Crippen molar-refractivity contribution in [3.05, 3.63) is 0 Å². The summed E-state index contributed by atoms with van der Waals surface area (Å²) in [6.07, 6.45) is 66.5. The monoisotopic (exact) mass is 1510 g/mol. The molecular weight excluding hydrogens is 1340 g/mol. The van der Waals surface area contributed by atoms with E-state index in [1.54, 1.807) is 0 Å². The van der Waals surface area contributed by atoms with Crippen molar-refractivity contribution in [2.45, 2.75) is 464 Å². The Morgan fingerprint density at radius 1 is 0.282 bits per heavy atom. The Morgan fingerprint density at radius 3 is 0.738 bits per heavy atom. The zero-order valence-electron chi connectivity index (χ0n) is 67.6. The Morgan fingerprint density at radius 2 is 0.495 bits per heavy atom. The van der Waals surface area contributed by atoms with Crippen LogP contribution in [0.4, 0.5) is 0 Å². The van der Waals surface area contributed by atoms with Gasteiger partial charge in [0.15, 0.2) is 12.2 Å². The van der Waals surface area contributed by atoms with Gasteiger partial charge >= 0.3 is 39.5 Å². The Balaban J connectivity index is 5.24. The number of hydrogen-bond donors (Lipinski definition) is 3. The van der Waals surface area contributed by atoms with Crippen LogP contribution in [0.3, 0.4) is 0 Å². The second kappa shape index (κ2) is 75.5. The zero-order chi connectivity index (χ0) is 75.6. The summed E-state index contributed by atoms with van der Waals surface area (Å²) in [6.45, 7) is 9.70. The number of aliphatic hydroxyl groups is 1. The van der Waals surface area contributed by atoms with Crippen molar-refractivity contribution in [2.75, 3.05) is 39.6 Å². The maximum atomic E-state index is 13.1. The van der Waals surface area contributed by atoms with E-state index in [9.17, 15) is 43.2 Å². The molecule has 17 nitrogen and oxygen atoms in total. The summed E-state index contributed by atoms with van der Waals surface area (Å²) in [4.78, 5) is 73.1. The first kappa shape index (κ1) is 101. The number of phosphoric ester groups is 2. The number of phosphoric acid groups is 2. The molecule has 3 N–H and O–H groups in total. The lowest BCUT2D eigenvalue weighted by molar-refractivity contribution is -0.161. The molecule has 0 spiro atoms. The Kier molecular flexibility index (Phi) is 74.1. The van der Waals surface area contributed by atoms with Crippen molar-refractivity contribution >= 4 is 39.5 Å². The molecule has 0 aliphatic heterocycles. The highest BCUT2D eigenvalue weighted by atomic mass is 31.2. The zero-order valence-corrected chi connectivity index (χ0v) is 69.4. The smallest absolute Gasteiger partial charge is 0.462 e. The normalized spacial score (nSPS) is 14.1. The highest BCUT2D eigenvalue weighted by molar-refractivity contribution is 7.47. The van der Waals surface area contributed by atoms with Crippen LogP contribution in [0.25, 0.3) is 0 Å². The van der Waals surface area contributed by atoms with Crippen molar-refractivity contribution in [3.8, 4) is 0 Å². The number of ether oxygens (including phenoxy) is 4. The second-order valence-electron chi connectivity index (χ2n) is 30.9. The highest BCUT2D eigenvalue weighted by Crippen LogP contribution is 2.45. The molecule has 0 saturated carbocycles. The van der Waals surface area contributed by atoms with Crippen molar-refractivity contribution in [3.63, 3.8) is 0 Å². The van der Waals surface area contributed by atoms with E-state index in [0.29, 0.717) is 25.7 Å². The summed E-state index contributed by atoms with van der Waals surface area (Å²) >= 11 is 0. The number of hydrogen-bond acceptors (Lipinski definition) is 15. The standard InChI is InChI=1S/C84H164O17P2/c1-7-10-12-14-16-18-20-21-22-23-24-25-26-27-28-33-37-44-50-56-62-68-83(88)100-79(73-95-82(87)67-61-55-49-43-36-32-30-29-31-35-40-46-52-58-64-76(4)5)74-98-102(90,91)96-70-78(85)71-97-103(92,93)99-75-80(72-94-81(86)66-60-54-48-42-34-19-17-15-13-11-8-2)101-84(89)69-63-57-51-45-39-38-41-47-53-59-65-77(6)9-3/h76-80,85H,7-75H2,1-6H3,(H,90,91)(H,92,93)/t77?,78-,79-,80-/m1/s1. The molecule has 0 bridgehead atoms. The van der Waals surface area contributed by atoms with Gasteiger partial charge in [-0.3, -0.25) is 37.3 Å². The summed E-state index contributed by atoms with van der Waals surface area (Å²) in [7, 11) is -9.92. The summed E-state index contributed by atoms with van der Waals surface area (Å²) < 4.78 is 68.8. The van der Waals surface area contributed by atoms with Crippen molar-refractivity contribution in [2.24, 2.45) is 11.8 Å². The maximum absolute atomic E-state index is 13.1. The molecule has 0 heterocycles. The molecule has 3 unspecified atom stereocenters. The maximum Gasteiger partial charge on any atom is 0.472 e. The van der Waals surface area contributed by atoms with Gasteiger partial charge in [-0.05, 0) is 37.5 Å². The van der Waals surface area contributed by atoms with Gasteiger partial charge in [0.05, 0.1) is 26.4 Å². The fraction of sp³-hybridized carbons (Fsp3) is 0.952. The molecule has 0 amide bonds. The van der Waals surface area contributed by atoms with Gasteiger partial charge in [-0.2, -0.15) is 0 Å². The number of rotatable bonds is 83. The number of aliphatic hydroxyl groups excluding tert-OH is 1. The first-order valence-corrected chi connectivity index (χ1v) is 46.5. The van der Waals surface area contributed by atoms with Crippen LogP contribution in [0, 0.1) is 11.8 Å². The summed E-state index contributed by atoms with van der Waals surface area (Å²) in [5.41, 5.74) is 0. The van der Waals surface area contributed by atoms with Gasteiger partial charge in [0.1, 0.15) is 19.3 Å². The van der Waals surface area contributed by atoms with Crippen LogP contribution >= 0.6 is 15.6 Å². The van der Waals surface area contributed by atoms with E-state index >= 15 is 0 Å². The second-order valence-corrected chi connectivity index (χ2v) is 33.8. The predicted molar refractivity (Wildman–Crippen MR) is 423 cm³/mol. The van der Waals surface area contributed by atoms with Crippen LogP contribution < -0.4 is 0 Å². The molecule has 0 aromatic rings. The van der Waals surface area contributed by atoms with Gasteiger partial charge in [0.25, 0.3) is 0 Å². The molecule has 19 heteroatoms. The van der Waals surface area contributed by atoms with E-state index in [4.69, 9.17) is 37.0 Å². The average Bonchev–Trinajstić information content (AvgIpc) is 0.916. The van der Waals surface area contributed by atoms with E-state index < -0.39 is 97.5 Å². The average molecular weight is 1510 g/mol. The van der Waals surface area contributed by atoms with Crippen molar-refractivity contribution in [1.29, 1.82) is 0 Å². The fourth-order valence-electron chi connectivity index (χ4n) is 13.0. The fourth-order valence-corrected chi connectivity index (χ4v) is 14.6. The molecule has 0 aliphatic carbocycles. The largest absolute Gasteiger partial charge is 0.472 e. The summed E-state index contributed by atoms with van der Waals surface area (Å²) in [6, 6.07) is 0. The number of esters is 4. The van der Waals surface area contributed by atoms with Crippen LogP contribution in [0.1, 0.15) is 446 Å². The minimum absolute atomic E-state index is 0.107. The van der Waals surface area contributed by atoms with E-state index in [1.807, 2.05) is 0 Å². The van der Waals surface area contributed by atoms with Crippen LogP contribution in [0.2, 0.25) is 0 Å². The van der Waals surface area contributed by atoms with Crippen LogP contribution in [-0.4, -0.2) is 96.7 Å². The molecule has 0 aromatic heterocycles. The van der Waals surface area contributed by atoms with Crippen molar-refractivity contribution in [1.82, 2.24) is 0 Å². The SMILES string of the molecule is CCCCCCCCCCCCCCCCCCCCCCCC(=O)O[C@H](COC(=O)CCCCCCCCCCCCCCCCC(C)C)COP(=O)(O)OC[C@@H](O)COP(=O)(O)OC[C@@H](COC(=O)CCCCCCCCCCCCC)OC(=O)CCCCCCCCCCCCC(C)CC. The lowest BCUT2D eigenvalue weighted by Gasteiger charge is -2.21.